The molecule has 80 valence electrons. The second kappa shape index (κ2) is 5.56. The van der Waals surface area contributed by atoms with Crippen LogP contribution in [-0.4, -0.2) is 41.6 Å². The molecule has 1 heterocycles. The molecule has 0 amide bonds. The number of aliphatic hydroxyl groups is 1. The Bertz CT molecular complexity index is 258. The number of rotatable bonds is 6. The van der Waals surface area contributed by atoms with Gasteiger partial charge in [-0.15, -0.1) is 0 Å². The summed E-state index contributed by atoms with van der Waals surface area (Å²) in [5.74, 6) is 0.577. The number of nitrogens with one attached hydrogen (secondary N) is 1. The third-order valence-electron chi connectivity index (χ3n) is 1.70. The molecular weight excluding hydrogens is 186 g/mol. The molecule has 0 aliphatic heterocycles. The molecular formula is C8H15N3O3. The number of ether oxygens (including phenoxy) is 1. The van der Waals surface area contributed by atoms with E-state index in [-0.39, 0.29) is 12.6 Å². The Morgan fingerprint density at radius 3 is 2.93 bits per heavy atom. The number of anilines is 1. The highest BCUT2D eigenvalue weighted by Crippen LogP contribution is 2.06. The van der Waals surface area contributed by atoms with Gasteiger partial charge in [0.25, 0.3) is 0 Å². The maximum atomic E-state index is 8.78. The summed E-state index contributed by atoms with van der Waals surface area (Å²) in [4.78, 5) is 3.99. The van der Waals surface area contributed by atoms with Gasteiger partial charge in [0.1, 0.15) is 0 Å². The summed E-state index contributed by atoms with van der Waals surface area (Å²) in [7, 11) is 1.60. The lowest BCUT2D eigenvalue weighted by Gasteiger charge is -2.14. The van der Waals surface area contributed by atoms with Crippen LogP contribution in [0.15, 0.2) is 4.52 Å². The lowest BCUT2D eigenvalue weighted by Crippen LogP contribution is -2.26. The lowest BCUT2D eigenvalue weighted by atomic mass is 10.2. The van der Waals surface area contributed by atoms with Crippen molar-refractivity contribution in [1.29, 1.82) is 0 Å². The van der Waals surface area contributed by atoms with E-state index in [4.69, 9.17) is 14.4 Å². The second-order valence-corrected chi connectivity index (χ2v) is 2.96. The van der Waals surface area contributed by atoms with Gasteiger partial charge >= 0.3 is 6.01 Å². The van der Waals surface area contributed by atoms with E-state index in [1.807, 2.05) is 0 Å². The van der Waals surface area contributed by atoms with Crippen LogP contribution in [0.4, 0.5) is 6.01 Å². The first-order chi connectivity index (χ1) is 6.76. The van der Waals surface area contributed by atoms with Gasteiger partial charge in [-0.2, -0.15) is 4.98 Å². The molecule has 1 atom stereocenters. The first kappa shape index (κ1) is 10.9. The van der Waals surface area contributed by atoms with Crippen LogP contribution >= 0.6 is 0 Å². The van der Waals surface area contributed by atoms with Crippen molar-refractivity contribution in [3.8, 4) is 0 Å². The number of aromatic nitrogens is 2. The Labute approximate surface area is 82.3 Å². The summed E-state index contributed by atoms with van der Waals surface area (Å²) in [5, 5.41) is 15.4. The molecule has 1 unspecified atom stereocenters. The van der Waals surface area contributed by atoms with Gasteiger partial charge in [-0.25, -0.2) is 0 Å². The van der Waals surface area contributed by atoms with Gasteiger partial charge in [-0.3, -0.25) is 0 Å². The minimum atomic E-state index is -0.00940. The average molecular weight is 201 g/mol. The van der Waals surface area contributed by atoms with Crippen LogP contribution in [0.3, 0.4) is 0 Å². The van der Waals surface area contributed by atoms with E-state index in [0.717, 1.165) is 0 Å². The summed E-state index contributed by atoms with van der Waals surface area (Å²) in [6.07, 6.45) is 0.579. The van der Waals surface area contributed by atoms with Crippen LogP contribution in [0.5, 0.6) is 0 Å². The minimum absolute atomic E-state index is 0.00940. The predicted molar refractivity (Wildman–Crippen MR) is 50.0 cm³/mol. The van der Waals surface area contributed by atoms with Crippen molar-refractivity contribution < 1.29 is 14.4 Å². The largest absolute Gasteiger partial charge is 0.396 e. The Balaban J connectivity index is 2.46. The van der Waals surface area contributed by atoms with Crippen LogP contribution < -0.4 is 5.32 Å². The zero-order valence-electron chi connectivity index (χ0n) is 8.36. The molecule has 0 spiro atoms. The number of aliphatic hydroxyl groups excluding tert-OH is 1. The number of hydrogen-bond acceptors (Lipinski definition) is 6. The number of nitrogens with zero attached hydrogens (tertiary/aromatic N) is 2. The van der Waals surface area contributed by atoms with E-state index in [1.165, 1.54) is 0 Å². The highest BCUT2D eigenvalue weighted by molar-refractivity contribution is 5.20. The van der Waals surface area contributed by atoms with Crippen LogP contribution in [0.1, 0.15) is 12.2 Å². The SMILES string of the molecule is COCC(CCO)Nc1nc(C)no1. The second-order valence-electron chi connectivity index (χ2n) is 2.96. The normalized spacial score (nSPS) is 12.8. The molecule has 0 aliphatic carbocycles. The molecule has 0 aromatic carbocycles. The summed E-state index contributed by atoms with van der Waals surface area (Å²) >= 11 is 0. The van der Waals surface area contributed by atoms with Crippen LogP contribution in [0.25, 0.3) is 0 Å². The number of aryl methyl sites for hydroxylation is 1. The summed E-state index contributed by atoms with van der Waals surface area (Å²) < 4.78 is 9.85. The zero-order chi connectivity index (χ0) is 10.4. The fourth-order valence-corrected chi connectivity index (χ4v) is 1.08. The highest BCUT2D eigenvalue weighted by Gasteiger charge is 2.11. The smallest absolute Gasteiger partial charge is 0.321 e. The van der Waals surface area contributed by atoms with Gasteiger partial charge in [0.05, 0.1) is 12.6 Å². The number of methoxy groups -OCH3 is 1. The molecule has 6 heteroatoms. The fraction of sp³-hybridized carbons (Fsp3) is 0.750. The van der Waals surface area contributed by atoms with Gasteiger partial charge < -0.3 is 19.7 Å². The standard InChI is InChI=1S/C8H15N3O3/c1-6-9-8(14-11-6)10-7(3-4-12)5-13-2/h7,12H,3-5H2,1-2H3,(H,9,10,11). The molecule has 0 saturated carbocycles. The van der Waals surface area contributed by atoms with Crippen molar-refractivity contribution in [2.75, 3.05) is 25.6 Å². The first-order valence-electron chi connectivity index (χ1n) is 4.43. The molecule has 14 heavy (non-hydrogen) atoms. The van der Waals surface area contributed by atoms with E-state index in [2.05, 4.69) is 15.5 Å². The van der Waals surface area contributed by atoms with E-state index in [9.17, 15) is 0 Å². The quantitative estimate of drug-likeness (QED) is 0.683. The molecule has 1 rings (SSSR count). The Morgan fingerprint density at radius 1 is 1.64 bits per heavy atom. The molecule has 0 saturated heterocycles. The molecule has 6 nitrogen and oxygen atoms in total. The van der Waals surface area contributed by atoms with E-state index >= 15 is 0 Å². The summed E-state index contributed by atoms with van der Waals surface area (Å²) in [5.41, 5.74) is 0. The maximum Gasteiger partial charge on any atom is 0.321 e. The van der Waals surface area contributed by atoms with E-state index in [0.29, 0.717) is 24.9 Å². The van der Waals surface area contributed by atoms with Crippen molar-refractivity contribution in [3.63, 3.8) is 0 Å². The average Bonchev–Trinajstić information content (AvgIpc) is 2.52. The molecule has 1 aromatic heterocycles. The summed E-state index contributed by atoms with van der Waals surface area (Å²) in [6, 6.07) is 0.350. The van der Waals surface area contributed by atoms with E-state index in [1.54, 1.807) is 14.0 Å². The van der Waals surface area contributed by atoms with Crippen molar-refractivity contribution in [3.05, 3.63) is 5.82 Å². The highest BCUT2D eigenvalue weighted by atomic mass is 16.5. The number of hydrogen-bond donors (Lipinski definition) is 2. The molecule has 0 aliphatic rings. The van der Waals surface area contributed by atoms with Gasteiger partial charge in [-0.05, 0) is 13.3 Å². The van der Waals surface area contributed by atoms with Crippen molar-refractivity contribution >= 4 is 6.01 Å². The first-order valence-corrected chi connectivity index (χ1v) is 4.43. The predicted octanol–water partition coefficient (Wildman–Crippen LogP) is 0.187. The molecule has 1 aromatic rings. The topological polar surface area (TPSA) is 80.4 Å². The van der Waals surface area contributed by atoms with Gasteiger partial charge in [0, 0.05) is 13.7 Å². The van der Waals surface area contributed by atoms with Crippen molar-refractivity contribution in [2.45, 2.75) is 19.4 Å². The third-order valence-corrected chi connectivity index (χ3v) is 1.70. The Kier molecular flexibility index (Phi) is 4.34. The maximum absolute atomic E-state index is 8.78. The third kappa shape index (κ3) is 3.31. The van der Waals surface area contributed by atoms with Crippen LogP contribution in [-0.2, 0) is 4.74 Å². The lowest BCUT2D eigenvalue weighted by molar-refractivity contribution is 0.169. The van der Waals surface area contributed by atoms with Gasteiger partial charge in [-0.1, -0.05) is 5.16 Å². The Hall–Kier alpha value is -1.14. The summed E-state index contributed by atoms with van der Waals surface area (Å²) in [6.45, 7) is 2.32. The molecule has 0 bridgehead atoms. The molecule has 0 radical (unpaired) electrons. The zero-order valence-corrected chi connectivity index (χ0v) is 8.36. The fourth-order valence-electron chi connectivity index (χ4n) is 1.08. The molecule has 0 fully saturated rings. The van der Waals surface area contributed by atoms with Crippen molar-refractivity contribution in [1.82, 2.24) is 10.1 Å². The van der Waals surface area contributed by atoms with Gasteiger partial charge in [0.2, 0.25) is 0 Å². The van der Waals surface area contributed by atoms with Crippen LogP contribution in [0, 0.1) is 6.92 Å². The Morgan fingerprint density at radius 2 is 2.43 bits per heavy atom. The monoisotopic (exact) mass is 201 g/mol. The van der Waals surface area contributed by atoms with Crippen molar-refractivity contribution in [2.24, 2.45) is 0 Å². The van der Waals surface area contributed by atoms with Crippen LogP contribution in [0.2, 0.25) is 0 Å². The van der Waals surface area contributed by atoms with E-state index < -0.39 is 0 Å². The van der Waals surface area contributed by atoms with Gasteiger partial charge in [0.15, 0.2) is 5.82 Å². The minimum Gasteiger partial charge on any atom is -0.396 e. The molecule has 2 N–H and O–H groups in total.